The van der Waals surface area contributed by atoms with Gasteiger partial charge < -0.3 is 10.2 Å². The second-order valence-corrected chi connectivity index (χ2v) is 3.87. The van der Waals surface area contributed by atoms with Crippen molar-refractivity contribution in [1.29, 1.82) is 0 Å². The molecule has 1 fully saturated rings. The van der Waals surface area contributed by atoms with E-state index in [-0.39, 0.29) is 19.5 Å². The normalized spacial score (nSPS) is 28.3. The van der Waals surface area contributed by atoms with Crippen molar-refractivity contribution in [3.05, 3.63) is 0 Å². The smallest absolute Gasteiger partial charge is 0.401 e. The molecule has 0 aromatic carbocycles. The van der Waals surface area contributed by atoms with E-state index in [0.29, 0.717) is 0 Å². The van der Waals surface area contributed by atoms with E-state index in [9.17, 15) is 23.1 Å². The van der Waals surface area contributed by atoms with Gasteiger partial charge in [-0.1, -0.05) is 0 Å². The van der Waals surface area contributed by atoms with Crippen molar-refractivity contribution in [3.63, 3.8) is 0 Å². The summed E-state index contributed by atoms with van der Waals surface area (Å²) in [6.45, 7) is -1.27. The first kappa shape index (κ1) is 12.3. The molecule has 1 rings (SSSR count). The fourth-order valence-corrected chi connectivity index (χ4v) is 1.75. The van der Waals surface area contributed by atoms with E-state index in [1.165, 1.54) is 0 Å². The first-order valence-corrected chi connectivity index (χ1v) is 4.43. The number of β-amino-alcohol motifs (C(OH)–C–C–N with tert-alkyl or cyclic N) is 1. The Hall–Kier alpha value is -0.820. The summed E-state index contributed by atoms with van der Waals surface area (Å²) in [4.78, 5) is 11.4. The highest BCUT2D eigenvalue weighted by Gasteiger charge is 2.41. The third-order valence-electron chi connectivity index (χ3n) is 2.29. The molecule has 1 aliphatic rings. The standard InChI is InChI=1S/C8H12F3NO3/c9-8(10,11)5-12-2-1-7(15,4-12)3-6(13)14/h15H,1-5H2,(H,13,14). The van der Waals surface area contributed by atoms with Gasteiger partial charge in [0.25, 0.3) is 0 Å². The predicted octanol–water partition coefficient (Wildman–Crippen LogP) is 0.460. The Morgan fingerprint density at radius 2 is 2.07 bits per heavy atom. The molecule has 7 heteroatoms. The minimum absolute atomic E-state index is 0.0649. The highest BCUT2D eigenvalue weighted by Crippen LogP contribution is 2.27. The van der Waals surface area contributed by atoms with E-state index >= 15 is 0 Å². The van der Waals surface area contributed by atoms with E-state index in [2.05, 4.69) is 0 Å². The molecule has 15 heavy (non-hydrogen) atoms. The van der Waals surface area contributed by atoms with Gasteiger partial charge in [0.2, 0.25) is 0 Å². The van der Waals surface area contributed by atoms with Crippen molar-refractivity contribution in [2.75, 3.05) is 19.6 Å². The van der Waals surface area contributed by atoms with Crippen molar-refractivity contribution in [2.45, 2.75) is 24.6 Å². The molecule has 0 saturated carbocycles. The number of carboxylic acid groups (broad SMARTS) is 1. The number of alkyl halides is 3. The monoisotopic (exact) mass is 227 g/mol. The quantitative estimate of drug-likeness (QED) is 0.735. The summed E-state index contributed by atoms with van der Waals surface area (Å²) in [6.07, 6.45) is -4.76. The summed E-state index contributed by atoms with van der Waals surface area (Å²) in [7, 11) is 0. The average molecular weight is 227 g/mol. The van der Waals surface area contributed by atoms with Crippen molar-refractivity contribution in [2.24, 2.45) is 0 Å². The maximum Gasteiger partial charge on any atom is 0.401 e. The van der Waals surface area contributed by atoms with Gasteiger partial charge in [-0.2, -0.15) is 13.2 Å². The van der Waals surface area contributed by atoms with Crippen LogP contribution < -0.4 is 0 Å². The Kier molecular flexibility index (Phi) is 3.25. The Morgan fingerprint density at radius 1 is 1.47 bits per heavy atom. The molecule has 0 bridgehead atoms. The lowest BCUT2D eigenvalue weighted by Crippen LogP contribution is -2.38. The van der Waals surface area contributed by atoms with Gasteiger partial charge in [-0.15, -0.1) is 0 Å². The van der Waals surface area contributed by atoms with Gasteiger partial charge in [0.05, 0.1) is 18.6 Å². The summed E-state index contributed by atoms with van der Waals surface area (Å²) in [5, 5.41) is 18.1. The molecule has 0 radical (unpaired) electrons. The van der Waals surface area contributed by atoms with E-state index < -0.39 is 30.7 Å². The Morgan fingerprint density at radius 3 is 2.53 bits per heavy atom. The summed E-state index contributed by atoms with van der Waals surface area (Å²) in [5.74, 6) is -1.20. The van der Waals surface area contributed by atoms with Crippen molar-refractivity contribution < 1.29 is 28.2 Å². The lowest BCUT2D eigenvalue weighted by molar-refractivity contribution is -0.147. The zero-order chi connectivity index (χ0) is 11.7. The van der Waals surface area contributed by atoms with Gasteiger partial charge in [-0.25, -0.2) is 0 Å². The molecule has 88 valence electrons. The maximum atomic E-state index is 12.0. The van der Waals surface area contributed by atoms with Crippen LogP contribution >= 0.6 is 0 Å². The van der Waals surface area contributed by atoms with Crippen LogP contribution in [0.1, 0.15) is 12.8 Å². The summed E-state index contributed by atoms with van der Waals surface area (Å²) < 4.78 is 35.9. The Labute approximate surface area is 84.3 Å². The van der Waals surface area contributed by atoms with E-state index in [4.69, 9.17) is 5.11 Å². The van der Waals surface area contributed by atoms with Gasteiger partial charge in [0, 0.05) is 13.1 Å². The van der Waals surface area contributed by atoms with Gasteiger partial charge in [-0.05, 0) is 6.42 Å². The number of carbonyl (C=O) groups is 1. The number of hydrogen-bond acceptors (Lipinski definition) is 3. The van der Waals surface area contributed by atoms with Crippen LogP contribution in [-0.2, 0) is 4.79 Å². The molecular formula is C8H12F3NO3. The SMILES string of the molecule is O=C(O)CC1(O)CCN(CC(F)(F)F)C1. The maximum absolute atomic E-state index is 12.0. The lowest BCUT2D eigenvalue weighted by Gasteiger charge is -2.22. The molecule has 1 heterocycles. The third kappa shape index (κ3) is 4.05. The molecule has 1 unspecified atom stereocenters. The number of aliphatic carboxylic acids is 1. The van der Waals surface area contributed by atoms with Gasteiger partial charge in [0.15, 0.2) is 0 Å². The van der Waals surface area contributed by atoms with Crippen molar-refractivity contribution >= 4 is 5.97 Å². The van der Waals surface area contributed by atoms with Crippen LogP contribution in [0, 0.1) is 0 Å². The van der Waals surface area contributed by atoms with Crippen LogP contribution in [0.2, 0.25) is 0 Å². The minimum atomic E-state index is -4.31. The number of aliphatic hydroxyl groups is 1. The number of hydrogen-bond donors (Lipinski definition) is 2. The number of rotatable bonds is 3. The van der Waals surface area contributed by atoms with Gasteiger partial charge in [0.1, 0.15) is 0 Å². The molecule has 0 aliphatic carbocycles. The largest absolute Gasteiger partial charge is 0.481 e. The molecular weight excluding hydrogens is 215 g/mol. The predicted molar refractivity (Wildman–Crippen MR) is 44.3 cm³/mol. The fraction of sp³-hybridized carbons (Fsp3) is 0.875. The number of carboxylic acids is 1. The highest BCUT2D eigenvalue weighted by molar-refractivity contribution is 5.68. The van der Waals surface area contributed by atoms with E-state index in [0.717, 1.165) is 4.90 Å². The minimum Gasteiger partial charge on any atom is -0.481 e. The first-order valence-electron chi connectivity index (χ1n) is 4.43. The number of halogens is 3. The molecule has 1 saturated heterocycles. The molecule has 2 N–H and O–H groups in total. The zero-order valence-electron chi connectivity index (χ0n) is 7.92. The van der Waals surface area contributed by atoms with E-state index in [1.807, 2.05) is 0 Å². The van der Waals surface area contributed by atoms with E-state index in [1.54, 1.807) is 0 Å². The molecule has 4 nitrogen and oxygen atoms in total. The average Bonchev–Trinajstić information content (AvgIpc) is 2.25. The van der Waals surface area contributed by atoms with Crippen LogP contribution in [0.5, 0.6) is 0 Å². The van der Waals surface area contributed by atoms with Crippen molar-refractivity contribution in [1.82, 2.24) is 4.90 Å². The van der Waals surface area contributed by atoms with Crippen LogP contribution in [0.3, 0.4) is 0 Å². The van der Waals surface area contributed by atoms with Gasteiger partial charge in [-0.3, -0.25) is 9.69 Å². The summed E-state index contributed by atoms with van der Waals surface area (Å²) in [6, 6.07) is 0. The Balaban J connectivity index is 2.48. The molecule has 0 aromatic heterocycles. The summed E-state index contributed by atoms with van der Waals surface area (Å²) >= 11 is 0. The highest BCUT2D eigenvalue weighted by atomic mass is 19.4. The molecule has 0 spiro atoms. The second kappa shape index (κ2) is 3.97. The third-order valence-corrected chi connectivity index (χ3v) is 2.29. The zero-order valence-corrected chi connectivity index (χ0v) is 7.92. The molecule has 1 atom stereocenters. The lowest BCUT2D eigenvalue weighted by atomic mass is 9.99. The molecule has 0 aromatic rings. The van der Waals surface area contributed by atoms with Crippen LogP contribution in [0.4, 0.5) is 13.2 Å². The Bertz CT molecular complexity index is 256. The summed E-state index contributed by atoms with van der Waals surface area (Å²) in [5.41, 5.74) is -1.52. The second-order valence-electron chi connectivity index (χ2n) is 3.87. The number of nitrogens with zero attached hydrogens (tertiary/aromatic N) is 1. The van der Waals surface area contributed by atoms with Crippen molar-refractivity contribution in [3.8, 4) is 0 Å². The topological polar surface area (TPSA) is 60.8 Å². The molecule has 1 aliphatic heterocycles. The van der Waals surface area contributed by atoms with Gasteiger partial charge >= 0.3 is 12.1 Å². The first-order chi connectivity index (χ1) is 6.70. The van der Waals surface area contributed by atoms with Crippen LogP contribution in [0.15, 0.2) is 0 Å². The van der Waals surface area contributed by atoms with Crippen LogP contribution in [-0.4, -0.2) is 52.5 Å². The van der Waals surface area contributed by atoms with Crippen LogP contribution in [0.25, 0.3) is 0 Å². The molecule has 0 amide bonds. The number of likely N-dealkylation sites (tertiary alicyclic amines) is 1. The fourth-order valence-electron chi connectivity index (χ4n) is 1.75.